The first kappa shape index (κ1) is 43.9. The molecule has 0 aromatic heterocycles. The zero-order valence-corrected chi connectivity index (χ0v) is 41.5. The Bertz CT molecular complexity index is 1140. The van der Waals surface area contributed by atoms with Crippen molar-refractivity contribution in [1.82, 2.24) is 0 Å². The Morgan fingerprint density at radius 1 is 0.600 bits per heavy atom. The molecule has 3 rings (SSSR count). The molecular formula is C24H20I10O6. The third kappa shape index (κ3) is 18.9. The molecule has 222 valence electrons. The van der Waals surface area contributed by atoms with Crippen LogP contribution in [0.1, 0.15) is 0 Å². The summed E-state index contributed by atoms with van der Waals surface area (Å²) in [4.78, 5) is 10.1. The largest absolute Gasteiger partial charge is 0.506 e. The number of rotatable bonds is 7. The van der Waals surface area contributed by atoms with E-state index >= 15 is 0 Å². The second kappa shape index (κ2) is 26.0. The molecule has 6 nitrogen and oxygen atoms in total. The van der Waals surface area contributed by atoms with E-state index in [1.807, 2.05) is 24.3 Å². The number of aromatic hydroxyl groups is 1. The van der Waals surface area contributed by atoms with E-state index in [1.54, 1.807) is 0 Å². The molecule has 0 bridgehead atoms. The third-order valence-electron chi connectivity index (χ3n) is 3.63. The van der Waals surface area contributed by atoms with Gasteiger partial charge in [-0.05, 0) is 240 Å². The summed E-state index contributed by atoms with van der Waals surface area (Å²) in [6, 6.07) is 12.0. The topological polar surface area (TPSA) is 96.2 Å². The average Bonchev–Trinajstić information content (AvgIpc) is 2.87. The Morgan fingerprint density at radius 2 is 0.925 bits per heavy atom. The van der Waals surface area contributed by atoms with Crippen molar-refractivity contribution in [3.8, 4) is 17.2 Å². The van der Waals surface area contributed by atoms with Crippen molar-refractivity contribution in [1.29, 1.82) is 0 Å². The molecule has 0 heterocycles. The Kier molecular flexibility index (Phi) is 28.5. The van der Waals surface area contributed by atoms with E-state index in [0.717, 1.165) is 47.2 Å². The fraction of sp³-hybridized carbons (Fsp3) is 0.208. The normalized spacial score (nSPS) is 9.70. The van der Waals surface area contributed by atoms with Gasteiger partial charge in [-0.1, -0.05) is 22.6 Å². The molecule has 0 atom stereocenters. The number of carbonyl (C=O) groups excluding carboxylic acids is 1. The number of hydrogen-bond acceptors (Lipinski definition) is 6. The number of aldehydes is 1. The smallest absolute Gasteiger partial charge is 0.157 e. The first-order valence-electron chi connectivity index (χ1n) is 10.4. The van der Waals surface area contributed by atoms with Gasteiger partial charge in [-0.2, -0.15) is 0 Å². The SMILES string of the molecule is O=CCOc1c(I)cc(I)cc1I.OCCI.OCCOc1c(I)cc(I)cc1I.Oc1c(I)cc(I)cc1I. The quantitative estimate of drug-likeness (QED) is 0.124. The van der Waals surface area contributed by atoms with E-state index in [4.69, 9.17) is 19.7 Å². The van der Waals surface area contributed by atoms with E-state index in [0.29, 0.717) is 19.0 Å². The highest BCUT2D eigenvalue weighted by Gasteiger charge is 2.08. The number of ether oxygens (including phenoxy) is 2. The molecule has 0 aliphatic heterocycles. The molecule has 0 aliphatic rings. The van der Waals surface area contributed by atoms with Crippen molar-refractivity contribution < 1.29 is 29.6 Å². The molecule has 3 aromatic carbocycles. The lowest BCUT2D eigenvalue weighted by Crippen LogP contribution is -2.04. The van der Waals surface area contributed by atoms with Gasteiger partial charge in [0.25, 0.3) is 0 Å². The van der Waals surface area contributed by atoms with Crippen molar-refractivity contribution in [2.75, 3.05) is 30.9 Å². The summed E-state index contributed by atoms with van der Waals surface area (Å²) in [6.45, 7) is 0.831. The molecule has 0 unspecified atom stereocenters. The summed E-state index contributed by atoms with van der Waals surface area (Å²) >= 11 is 22.0. The predicted octanol–water partition coefficient (Wildman–Crippen LogP) is 9.57. The molecule has 3 aromatic rings. The summed E-state index contributed by atoms with van der Waals surface area (Å²) in [5.74, 6) is 2.06. The van der Waals surface area contributed by atoms with Crippen molar-refractivity contribution in [2.45, 2.75) is 0 Å². The molecule has 0 spiro atoms. The van der Waals surface area contributed by atoms with Crippen LogP contribution in [-0.4, -0.2) is 52.5 Å². The summed E-state index contributed by atoms with van der Waals surface area (Å²) in [6.07, 6.45) is 0.754. The average molecular weight is 1670 g/mol. The zero-order valence-electron chi connectivity index (χ0n) is 19.9. The molecule has 0 saturated heterocycles. The third-order valence-corrected chi connectivity index (χ3v) is 10.8. The van der Waals surface area contributed by atoms with Crippen LogP contribution in [0, 0.1) is 32.1 Å². The van der Waals surface area contributed by atoms with Gasteiger partial charge < -0.3 is 24.8 Å². The van der Waals surface area contributed by atoms with Gasteiger partial charge in [0.05, 0.1) is 34.6 Å². The predicted molar refractivity (Wildman–Crippen MR) is 246 cm³/mol. The molecule has 3 N–H and O–H groups in total. The van der Waals surface area contributed by atoms with E-state index in [2.05, 4.69) is 238 Å². The highest BCUT2D eigenvalue weighted by Crippen LogP contribution is 2.30. The number of halogens is 10. The van der Waals surface area contributed by atoms with Gasteiger partial charge in [0.15, 0.2) is 6.29 Å². The standard InChI is InChI=1S/C8H7I3O2.C8H5I3O2.C6H3I3O.C2H5IO/c2*9-5-3-6(10)8(7(11)4-5)13-2-1-12;7-3-1-4(8)6(10)5(9)2-3;3-1-2-4/h3-4,12H,1-2H2;1,3-4H,2H2;1-2,10H;4H,1-2H2. The highest BCUT2D eigenvalue weighted by atomic mass is 127. The second-order valence-corrected chi connectivity index (χ2v) is 18.4. The summed E-state index contributed by atoms with van der Waals surface area (Å²) in [5.41, 5.74) is 0. The van der Waals surface area contributed by atoms with Crippen LogP contribution in [0.4, 0.5) is 0 Å². The molecule has 40 heavy (non-hydrogen) atoms. The summed E-state index contributed by atoms with van der Waals surface area (Å²) in [5, 5.41) is 25.8. The molecule has 0 radical (unpaired) electrons. The van der Waals surface area contributed by atoms with Gasteiger partial charge in [0, 0.05) is 15.1 Å². The maximum absolute atomic E-state index is 10.1. The number of benzene rings is 3. The Balaban J connectivity index is 0.000000538. The van der Waals surface area contributed by atoms with Crippen LogP contribution in [0.5, 0.6) is 17.2 Å². The van der Waals surface area contributed by atoms with Gasteiger partial charge in [-0.15, -0.1) is 0 Å². The zero-order chi connectivity index (χ0) is 30.8. The molecule has 0 aliphatic carbocycles. The van der Waals surface area contributed by atoms with E-state index in [9.17, 15) is 9.90 Å². The molecule has 16 heteroatoms. The minimum atomic E-state index is 0.0537. The van der Waals surface area contributed by atoms with Crippen molar-refractivity contribution in [3.63, 3.8) is 0 Å². The minimum Gasteiger partial charge on any atom is -0.506 e. The van der Waals surface area contributed by atoms with Gasteiger partial charge >= 0.3 is 0 Å². The highest BCUT2D eigenvalue weighted by molar-refractivity contribution is 14.1. The van der Waals surface area contributed by atoms with Crippen LogP contribution in [0.2, 0.25) is 0 Å². The lowest BCUT2D eigenvalue weighted by Gasteiger charge is -2.09. The maximum atomic E-state index is 10.1. The van der Waals surface area contributed by atoms with Crippen LogP contribution in [0.3, 0.4) is 0 Å². The number of aliphatic hydroxyl groups is 2. The molecule has 0 fully saturated rings. The second-order valence-electron chi connectivity index (χ2n) is 6.58. The van der Waals surface area contributed by atoms with Crippen molar-refractivity contribution in [3.05, 3.63) is 68.5 Å². The number of hydrogen-bond donors (Lipinski definition) is 3. The van der Waals surface area contributed by atoms with Crippen LogP contribution in [-0.2, 0) is 4.79 Å². The van der Waals surface area contributed by atoms with Gasteiger partial charge in [0.2, 0.25) is 0 Å². The number of aliphatic hydroxyl groups excluding tert-OH is 2. The van der Waals surface area contributed by atoms with Crippen LogP contribution >= 0.6 is 226 Å². The van der Waals surface area contributed by atoms with Gasteiger partial charge in [-0.25, -0.2) is 0 Å². The fourth-order valence-corrected chi connectivity index (χ4v) is 13.5. The Labute approximate surface area is 370 Å². The number of phenolic OH excluding ortho intramolecular Hbond substituents is 1. The van der Waals surface area contributed by atoms with Gasteiger partial charge in [-0.3, -0.25) is 4.79 Å². The number of phenols is 1. The van der Waals surface area contributed by atoms with E-state index in [1.165, 1.54) is 7.14 Å². The lowest BCUT2D eigenvalue weighted by molar-refractivity contribution is -0.109. The van der Waals surface area contributed by atoms with E-state index in [-0.39, 0.29) is 13.2 Å². The fourth-order valence-electron chi connectivity index (χ4n) is 2.13. The lowest BCUT2D eigenvalue weighted by atomic mass is 10.3. The van der Waals surface area contributed by atoms with Crippen LogP contribution in [0.15, 0.2) is 36.4 Å². The van der Waals surface area contributed by atoms with Gasteiger partial charge in [0.1, 0.15) is 30.5 Å². The summed E-state index contributed by atoms with van der Waals surface area (Å²) < 4.78 is 21.1. The summed E-state index contributed by atoms with van der Waals surface area (Å²) in [7, 11) is 0. The number of carbonyl (C=O) groups is 1. The van der Waals surface area contributed by atoms with Crippen LogP contribution in [0.25, 0.3) is 0 Å². The maximum Gasteiger partial charge on any atom is 0.157 e. The first-order chi connectivity index (χ1) is 18.8. The first-order valence-corrected chi connectivity index (χ1v) is 21.7. The van der Waals surface area contributed by atoms with Crippen molar-refractivity contribution >= 4 is 232 Å². The molecule has 0 amide bonds. The molecule has 0 saturated carbocycles. The van der Waals surface area contributed by atoms with Crippen LogP contribution < -0.4 is 9.47 Å². The number of alkyl halides is 1. The Hall–Kier alpha value is 3.95. The Morgan fingerprint density at radius 3 is 1.23 bits per heavy atom. The minimum absolute atomic E-state index is 0.0537. The monoisotopic (exact) mass is 1670 g/mol. The molecular weight excluding hydrogens is 1650 g/mol. The van der Waals surface area contributed by atoms with Crippen molar-refractivity contribution in [2.24, 2.45) is 0 Å². The van der Waals surface area contributed by atoms with E-state index < -0.39 is 0 Å².